The fourth-order valence-corrected chi connectivity index (χ4v) is 4.09. The maximum atomic E-state index is 13.0. The minimum Gasteiger partial charge on any atom is -0.263 e. The number of nitro groups is 1. The lowest BCUT2D eigenvalue weighted by molar-refractivity contribution is -0.385. The molecule has 0 aliphatic heterocycles. The van der Waals surface area contributed by atoms with Crippen molar-refractivity contribution < 1.29 is 13.3 Å². The Hall–Kier alpha value is -3.20. The van der Waals surface area contributed by atoms with Crippen molar-refractivity contribution >= 4 is 21.5 Å². The third-order valence-corrected chi connectivity index (χ3v) is 5.44. The van der Waals surface area contributed by atoms with E-state index in [1.807, 2.05) is 18.2 Å². The molecule has 0 aliphatic rings. The molecule has 0 spiro atoms. The van der Waals surface area contributed by atoms with E-state index in [-0.39, 0.29) is 16.4 Å². The summed E-state index contributed by atoms with van der Waals surface area (Å²) in [5.74, 6) is 0.257. The normalized spacial score (nSPS) is 11.3. The number of nitrogens with one attached hydrogen (secondary N) is 1. The van der Waals surface area contributed by atoms with Crippen LogP contribution in [0.2, 0.25) is 0 Å². The van der Waals surface area contributed by atoms with Crippen LogP contribution in [0.15, 0.2) is 59.5 Å². The van der Waals surface area contributed by atoms with Gasteiger partial charge in [-0.3, -0.25) is 14.8 Å². The number of non-ortho nitro benzene ring substituents is 1. The predicted octanol–water partition coefficient (Wildman–Crippen LogP) is 3.45. The van der Waals surface area contributed by atoms with E-state index in [2.05, 4.69) is 9.82 Å². The van der Waals surface area contributed by atoms with E-state index in [0.29, 0.717) is 23.4 Å². The van der Waals surface area contributed by atoms with Gasteiger partial charge in [-0.2, -0.15) is 5.10 Å². The van der Waals surface area contributed by atoms with Gasteiger partial charge in [-0.25, -0.2) is 13.1 Å². The van der Waals surface area contributed by atoms with Crippen molar-refractivity contribution in [2.45, 2.75) is 25.2 Å². The summed E-state index contributed by atoms with van der Waals surface area (Å²) in [7, 11) is -4.04. The smallest absolute Gasteiger partial charge is 0.263 e. The summed E-state index contributed by atoms with van der Waals surface area (Å²) < 4.78 is 29.9. The average molecular weight is 386 g/mol. The molecule has 3 aromatic rings. The maximum absolute atomic E-state index is 13.0. The monoisotopic (exact) mass is 386 g/mol. The van der Waals surface area contributed by atoms with Crippen LogP contribution >= 0.6 is 0 Å². The van der Waals surface area contributed by atoms with Gasteiger partial charge in [-0.15, -0.1) is 0 Å². The highest BCUT2D eigenvalue weighted by molar-refractivity contribution is 7.92. The Morgan fingerprint density at radius 1 is 1.15 bits per heavy atom. The molecule has 140 valence electrons. The Kier molecular flexibility index (Phi) is 4.95. The second kappa shape index (κ2) is 7.20. The molecule has 27 heavy (non-hydrogen) atoms. The maximum Gasteiger partial charge on any atom is 0.270 e. The molecule has 0 fully saturated rings. The number of hydrogen-bond donors (Lipinski definition) is 1. The van der Waals surface area contributed by atoms with Crippen LogP contribution in [0.5, 0.6) is 0 Å². The molecule has 0 amide bonds. The number of para-hydroxylation sites is 1. The number of aromatic nitrogens is 2. The van der Waals surface area contributed by atoms with Crippen LogP contribution in [0, 0.1) is 17.0 Å². The van der Waals surface area contributed by atoms with Crippen molar-refractivity contribution in [1.29, 1.82) is 0 Å². The van der Waals surface area contributed by atoms with Crippen LogP contribution in [0.4, 0.5) is 11.5 Å². The summed E-state index contributed by atoms with van der Waals surface area (Å²) in [4.78, 5) is 10.3. The van der Waals surface area contributed by atoms with E-state index in [1.165, 1.54) is 16.8 Å². The first-order valence-electron chi connectivity index (χ1n) is 8.24. The van der Waals surface area contributed by atoms with E-state index >= 15 is 0 Å². The molecule has 9 heteroatoms. The quantitative estimate of drug-likeness (QED) is 0.516. The van der Waals surface area contributed by atoms with Gasteiger partial charge in [0, 0.05) is 18.2 Å². The van der Waals surface area contributed by atoms with Gasteiger partial charge in [0.15, 0.2) is 0 Å². The van der Waals surface area contributed by atoms with Gasteiger partial charge in [-0.1, -0.05) is 31.2 Å². The van der Waals surface area contributed by atoms with Gasteiger partial charge in [0.05, 0.1) is 21.2 Å². The molecule has 2 aromatic carbocycles. The Morgan fingerprint density at radius 3 is 2.48 bits per heavy atom. The highest BCUT2D eigenvalue weighted by Crippen LogP contribution is 2.26. The topological polar surface area (TPSA) is 107 Å². The zero-order valence-electron chi connectivity index (χ0n) is 14.8. The number of benzene rings is 2. The Morgan fingerprint density at radius 2 is 1.85 bits per heavy atom. The Bertz CT molecular complexity index is 1090. The minimum atomic E-state index is -4.04. The summed E-state index contributed by atoms with van der Waals surface area (Å²) in [5, 5.41) is 15.4. The first-order chi connectivity index (χ1) is 12.8. The molecule has 1 N–H and O–H groups in total. The van der Waals surface area contributed by atoms with Gasteiger partial charge in [0.1, 0.15) is 5.82 Å². The van der Waals surface area contributed by atoms with Crippen LogP contribution in [-0.2, 0) is 16.4 Å². The fraction of sp³-hybridized carbons (Fsp3) is 0.167. The van der Waals surface area contributed by atoms with Crippen LogP contribution in [-0.4, -0.2) is 23.1 Å². The van der Waals surface area contributed by atoms with Crippen LogP contribution in [0.3, 0.4) is 0 Å². The third-order valence-electron chi connectivity index (χ3n) is 4.00. The van der Waals surface area contributed by atoms with Gasteiger partial charge in [0.2, 0.25) is 0 Å². The molecule has 0 aliphatic carbocycles. The van der Waals surface area contributed by atoms with Crippen molar-refractivity contribution in [3.8, 4) is 5.69 Å². The molecule has 1 heterocycles. The minimum absolute atomic E-state index is 0.113. The van der Waals surface area contributed by atoms with Gasteiger partial charge in [-0.05, 0) is 31.0 Å². The van der Waals surface area contributed by atoms with Crippen LogP contribution < -0.4 is 4.72 Å². The largest absolute Gasteiger partial charge is 0.270 e. The number of nitrogens with zero attached hydrogens (tertiary/aromatic N) is 3. The molecule has 0 saturated heterocycles. The highest BCUT2D eigenvalue weighted by Gasteiger charge is 2.23. The summed E-state index contributed by atoms with van der Waals surface area (Å²) in [6.45, 7) is 3.54. The van der Waals surface area contributed by atoms with Gasteiger partial charge in [0.25, 0.3) is 15.7 Å². The summed E-state index contributed by atoms with van der Waals surface area (Å²) >= 11 is 0. The SMILES string of the molecule is CCc1ccc([N+](=O)[O-])cc1S(=O)(=O)Nc1cc(C)nn1-c1ccccc1. The molecule has 0 atom stereocenters. The lowest BCUT2D eigenvalue weighted by Crippen LogP contribution is -2.17. The van der Waals surface area contributed by atoms with E-state index in [9.17, 15) is 18.5 Å². The first kappa shape index (κ1) is 18.6. The standard InChI is InChI=1S/C18H18N4O4S/c1-3-14-9-10-16(22(23)24)12-17(14)27(25,26)20-18-11-13(2)19-21(18)15-7-5-4-6-8-15/h4-12,20H,3H2,1-2H3. The lowest BCUT2D eigenvalue weighted by atomic mass is 10.1. The molecule has 0 bridgehead atoms. The van der Waals surface area contributed by atoms with E-state index in [1.54, 1.807) is 32.0 Å². The Balaban J connectivity index is 2.06. The first-order valence-corrected chi connectivity index (χ1v) is 9.72. The molecule has 1 aromatic heterocycles. The van der Waals surface area contributed by atoms with Gasteiger partial charge >= 0.3 is 0 Å². The van der Waals surface area contributed by atoms with Crippen LogP contribution in [0.1, 0.15) is 18.2 Å². The average Bonchev–Trinajstić information content (AvgIpc) is 3.01. The number of aryl methyl sites for hydroxylation is 2. The molecule has 3 rings (SSSR count). The third kappa shape index (κ3) is 3.82. The van der Waals surface area contributed by atoms with E-state index in [4.69, 9.17) is 0 Å². The molecular weight excluding hydrogens is 368 g/mol. The Labute approximate surface area is 156 Å². The van der Waals surface area contributed by atoms with Crippen LogP contribution in [0.25, 0.3) is 5.69 Å². The number of rotatable bonds is 6. The highest BCUT2D eigenvalue weighted by atomic mass is 32.2. The van der Waals surface area contributed by atoms with Crippen molar-refractivity contribution in [3.63, 3.8) is 0 Å². The summed E-state index contributed by atoms with van der Waals surface area (Å²) in [6, 6.07) is 14.5. The van der Waals surface area contributed by atoms with Crippen molar-refractivity contribution in [1.82, 2.24) is 9.78 Å². The number of hydrogen-bond acceptors (Lipinski definition) is 5. The second-order valence-corrected chi connectivity index (χ2v) is 7.58. The zero-order chi connectivity index (χ0) is 19.6. The van der Waals surface area contributed by atoms with Gasteiger partial charge < -0.3 is 0 Å². The molecular formula is C18H18N4O4S. The lowest BCUT2D eigenvalue weighted by Gasteiger charge is -2.13. The summed E-state index contributed by atoms with van der Waals surface area (Å²) in [6.07, 6.45) is 0.422. The number of nitro benzene ring substituents is 1. The predicted molar refractivity (Wildman–Crippen MR) is 102 cm³/mol. The summed E-state index contributed by atoms with van der Waals surface area (Å²) in [5.41, 5.74) is 1.54. The number of sulfonamides is 1. The van der Waals surface area contributed by atoms with E-state index < -0.39 is 14.9 Å². The zero-order valence-corrected chi connectivity index (χ0v) is 15.6. The number of anilines is 1. The second-order valence-electron chi connectivity index (χ2n) is 5.93. The molecule has 8 nitrogen and oxygen atoms in total. The van der Waals surface area contributed by atoms with E-state index in [0.717, 1.165) is 6.07 Å². The molecule has 0 saturated carbocycles. The van der Waals surface area contributed by atoms with Crippen molar-refractivity contribution in [3.05, 3.63) is 76.0 Å². The fourth-order valence-electron chi connectivity index (χ4n) is 2.73. The molecule has 0 radical (unpaired) electrons. The van der Waals surface area contributed by atoms with Crippen molar-refractivity contribution in [2.75, 3.05) is 4.72 Å². The van der Waals surface area contributed by atoms with Crippen molar-refractivity contribution in [2.24, 2.45) is 0 Å². The molecule has 0 unspecified atom stereocenters.